The van der Waals surface area contributed by atoms with Crippen LogP contribution in [-0.2, 0) is 18.6 Å². The summed E-state index contributed by atoms with van der Waals surface area (Å²) in [5.74, 6) is -0.391. The number of carbonyl (C=O) groups excluding carboxylic acids is 1. The molecule has 0 unspecified atom stereocenters. The number of anilines is 1. The molecule has 2 aromatic rings. The molecule has 13 heteroatoms. The molecule has 3 heterocycles. The van der Waals surface area contributed by atoms with Gasteiger partial charge in [0.1, 0.15) is 0 Å². The Bertz CT molecular complexity index is 869. The van der Waals surface area contributed by atoms with E-state index in [-0.39, 0.29) is 17.6 Å². The third-order valence-electron chi connectivity index (χ3n) is 3.08. The van der Waals surface area contributed by atoms with Crippen LogP contribution in [0.5, 0.6) is 0 Å². The van der Waals surface area contributed by atoms with Crippen molar-refractivity contribution in [2.45, 2.75) is 18.8 Å². The van der Waals surface area contributed by atoms with Gasteiger partial charge in [-0.25, -0.2) is 14.3 Å². The molecule has 1 fully saturated rings. The van der Waals surface area contributed by atoms with Gasteiger partial charge in [0.05, 0.1) is 19.0 Å². The Morgan fingerprint density at radius 2 is 2.22 bits per heavy atom. The normalized spacial score (nSPS) is 22.1. The molecule has 1 saturated heterocycles. The van der Waals surface area contributed by atoms with Gasteiger partial charge in [-0.2, -0.15) is 4.98 Å². The van der Waals surface area contributed by atoms with Gasteiger partial charge in [-0.1, -0.05) is 0 Å². The van der Waals surface area contributed by atoms with Gasteiger partial charge in [-0.3, -0.25) is 13.9 Å². The fourth-order valence-corrected chi connectivity index (χ4v) is 2.54. The number of nitrogens with two attached hydrogens (primary N) is 1. The molecular weight excluding hydrogens is 335 g/mol. The lowest BCUT2D eigenvalue weighted by molar-refractivity contribution is -0.127. The van der Waals surface area contributed by atoms with Crippen LogP contribution in [0, 0.1) is 0 Å². The maximum Gasteiger partial charge on any atom is 0.469 e. The molecule has 124 valence electrons. The molecule has 0 aliphatic carbocycles. The van der Waals surface area contributed by atoms with Crippen molar-refractivity contribution < 1.29 is 32.8 Å². The van der Waals surface area contributed by atoms with Crippen molar-refractivity contribution in [1.29, 1.82) is 0 Å². The van der Waals surface area contributed by atoms with E-state index in [2.05, 4.69) is 18.9 Å². The van der Waals surface area contributed by atoms with Gasteiger partial charge in [0.15, 0.2) is 23.2 Å². The monoisotopic (exact) mass is 346 g/mol. The number of fused-ring (bicyclic) bond motifs is 1. The van der Waals surface area contributed by atoms with Crippen LogP contribution in [0.3, 0.4) is 0 Å². The summed E-state index contributed by atoms with van der Waals surface area (Å²) in [7, 11) is -4.66. The molecule has 2 aromatic heterocycles. The molecule has 0 aromatic carbocycles. The first-order valence-electron chi connectivity index (χ1n) is 6.26. The number of phosphoric ester groups is 1. The number of phosphoric acid groups is 1. The van der Waals surface area contributed by atoms with Crippen molar-refractivity contribution in [3.8, 4) is 0 Å². The minimum absolute atomic E-state index is 0.00802. The molecule has 23 heavy (non-hydrogen) atoms. The van der Waals surface area contributed by atoms with E-state index in [1.807, 2.05) is 0 Å². The highest BCUT2D eigenvalue weighted by atomic mass is 31.2. The van der Waals surface area contributed by atoms with Crippen LogP contribution in [0.15, 0.2) is 15.5 Å². The molecule has 12 nitrogen and oxygen atoms in total. The molecule has 0 radical (unpaired) electrons. The second kappa shape index (κ2) is 5.51. The highest BCUT2D eigenvalue weighted by molar-refractivity contribution is 7.46. The van der Waals surface area contributed by atoms with Crippen molar-refractivity contribution in [2.75, 3.05) is 12.3 Å². The number of ketones is 1. The smallest absolute Gasteiger partial charge is 0.388 e. The number of rotatable bonds is 4. The van der Waals surface area contributed by atoms with Gasteiger partial charge in [-0.05, 0) is 0 Å². The predicted octanol–water partition coefficient (Wildman–Crippen LogP) is -1.07. The van der Waals surface area contributed by atoms with Crippen LogP contribution >= 0.6 is 7.82 Å². The van der Waals surface area contributed by atoms with E-state index < -0.39 is 44.2 Å². The minimum atomic E-state index is -4.66. The molecule has 4 N–H and O–H groups in total. The van der Waals surface area contributed by atoms with Gasteiger partial charge >= 0.3 is 13.4 Å². The van der Waals surface area contributed by atoms with Crippen LogP contribution in [0.1, 0.15) is 12.6 Å². The van der Waals surface area contributed by atoms with Crippen molar-refractivity contribution >= 4 is 30.8 Å². The third-order valence-corrected chi connectivity index (χ3v) is 3.57. The molecule has 3 rings (SSSR count). The van der Waals surface area contributed by atoms with Gasteiger partial charge in [0, 0.05) is 6.42 Å². The Labute approximate surface area is 127 Å². The number of hydrogen-bond acceptors (Lipinski definition) is 9. The number of imidazole rings is 1. The maximum absolute atomic E-state index is 12.0. The van der Waals surface area contributed by atoms with Gasteiger partial charge < -0.3 is 24.7 Å². The lowest BCUT2D eigenvalue weighted by atomic mass is 10.2. The van der Waals surface area contributed by atoms with E-state index in [4.69, 9.17) is 20.3 Å². The number of hydrogen-bond donors (Lipinski definition) is 3. The number of aromatic nitrogens is 3. The summed E-state index contributed by atoms with van der Waals surface area (Å²) in [6.07, 6.45) is -0.960. The van der Waals surface area contributed by atoms with Crippen LogP contribution < -0.4 is 11.4 Å². The molecule has 1 aliphatic rings. The van der Waals surface area contributed by atoms with Gasteiger partial charge in [-0.15, -0.1) is 0 Å². The van der Waals surface area contributed by atoms with Crippen LogP contribution in [0.25, 0.3) is 11.2 Å². The van der Waals surface area contributed by atoms with E-state index in [0.717, 1.165) is 0 Å². The number of Topliss-reactive ketones (excluding diaryl/α,β-unsaturated/α-hetero) is 1. The number of ether oxygens (including phenoxy) is 1. The highest BCUT2D eigenvalue weighted by Crippen LogP contribution is 2.37. The Kier molecular flexibility index (Phi) is 3.78. The van der Waals surface area contributed by atoms with E-state index in [1.165, 1.54) is 10.9 Å². The van der Waals surface area contributed by atoms with Crippen molar-refractivity contribution in [1.82, 2.24) is 14.5 Å². The Morgan fingerprint density at radius 1 is 1.48 bits per heavy atom. The summed E-state index contributed by atoms with van der Waals surface area (Å²) in [6.45, 7) is -0.461. The zero-order valence-electron chi connectivity index (χ0n) is 11.4. The standard InChI is InChI=1S/C10H11N4O8P/c11-10-13-7-6(9(16)22-10)12-3-14(7)8-5(15)1-4(21-8)2-20-23(17,18)19/h3-4,8H,1-2H2,(H2,11,13)(H2,17,18,19)/t4-,8+/m0/s1. The average Bonchev–Trinajstić information content (AvgIpc) is 2.99. The lowest BCUT2D eigenvalue weighted by Gasteiger charge is -2.14. The quantitative estimate of drug-likeness (QED) is 0.574. The van der Waals surface area contributed by atoms with E-state index in [0.29, 0.717) is 0 Å². The first-order chi connectivity index (χ1) is 10.7. The molecule has 0 saturated carbocycles. The van der Waals surface area contributed by atoms with E-state index in [9.17, 15) is 14.2 Å². The summed E-state index contributed by atoms with van der Waals surface area (Å²) in [4.78, 5) is 48.6. The molecule has 1 aliphatic heterocycles. The van der Waals surface area contributed by atoms with Crippen LogP contribution in [-0.4, -0.2) is 42.8 Å². The molecule has 0 amide bonds. The zero-order chi connectivity index (χ0) is 16.8. The molecule has 2 atom stereocenters. The molecule has 0 bridgehead atoms. The van der Waals surface area contributed by atoms with Gasteiger partial charge in [0.25, 0.3) is 6.01 Å². The lowest BCUT2D eigenvalue weighted by Crippen LogP contribution is -2.17. The Morgan fingerprint density at radius 3 is 2.91 bits per heavy atom. The predicted molar refractivity (Wildman–Crippen MR) is 72.0 cm³/mol. The van der Waals surface area contributed by atoms with E-state index >= 15 is 0 Å². The van der Waals surface area contributed by atoms with Gasteiger partial charge in [0.2, 0.25) is 0 Å². The van der Waals surface area contributed by atoms with E-state index in [1.54, 1.807) is 0 Å². The first-order valence-corrected chi connectivity index (χ1v) is 7.79. The average molecular weight is 346 g/mol. The SMILES string of the molecule is Nc1nc2c(ncn2[C@@H]2O[C@H](COP(=O)(O)O)CC2=O)c(=O)o1. The van der Waals surface area contributed by atoms with Crippen molar-refractivity contribution in [3.05, 3.63) is 16.7 Å². The molecule has 0 spiro atoms. The number of nitrogens with zero attached hydrogens (tertiary/aromatic N) is 3. The summed E-state index contributed by atoms with van der Waals surface area (Å²) in [5, 5.41) is 0. The minimum Gasteiger partial charge on any atom is -0.388 e. The fraction of sp³-hybridized carbons (Fsp3) is 0.400. The second-order valence-electron chi connectivity index (χ2n) is 4.73. The second-order valence-corrected chi connectivity index (χ2v) is 5.97. The fourth-order valence-electron chi connectivity index (χ4n) is 2.18. The molecular formula is C10H11N4O8P. The topological polar surface area (TPSA) is 180 Å². The van der Waals surface area contributed by atoms with Crippen molar-refractivity contribution in [3.63, 3.8) is 0 Å². The zero-order valence-corrected chi connectivity index (χ0v) is 12.3. The largest absolute Gasteiger partial charge is 0.469 e. The first kappa shape index (κ1) is 15.8. The summed E-state index contributed by atoms with van der Waals surface area (Å²) in [6, 6.07) is -0.393. The summed E-state index contributed by atoms with van der Waals surface area (Å²) >= 11 is 0. The Hall–Kier alpha value is -2.11. The summed E-state index contributed by atoms with van der Waals surface area (Å²) in [5.41, 5.74) is 4.44. The maximum atomic E-state index is 12.0. The third kappa shape index (κ3) is 3.16. The van der Waals surface area contributed by atoms with Crippen LogP contribution in [0.2, 0.25) is 0 Å². The van der Waals surface area contributed by atoms with Crippen LogP contribution in [0.4, 0.5) is 6.01 Å². The number of carbonyl (C=O) groups is 1. The Balaban J connectivity index is 1.87. The summed E-state index contributed by atoms with van der Waals surface area (Å²) < 4.78 is 26.2. The highest BCUT2D eigenvalue weighted by Gasteiger charge is 2.37. The number of nitrogen functional groups attached to an aromatic ring is 1. The van der Waals surface area contributed by atoms with Crippen molar-refractivity contribution in [2.24, 2.45) is 0 Å².